The normalized spacial score (nSPS) is 9.64. The maximum atomic E-state index is 10.3. The Labute approximate surface area is 85.2 Å². The third-order valence-electron chi connectivity index (χ3n) is 1.19. The number of nitro benzene ring substituents is 1. The van der Waals surface area contributed by atoms with Gasteiger partial charge in [-0.1, -0.05) is 0 Å². The predicted octanol–water partition coefficient (Wildman–Crippen LogP) is 0.883. The Morgan fingerprint density at radius 2 is 2.18 bits per heavy atom. The first-order valence-electron chi connectivity index (χ1n) is 2.80. The number of rotatable bonds is 1. The summed E-state index contributed by atoms with van der Waals surface area (Å²) in [7, 11) is 0. The molecular weight excluding hydrogens is 317 g/mol. The minimum absolute atomic E-state index is 0.163. The number of non-ortho nitro benzene ring substituents is 1. The van der Waals surface area contributed by atoms with Crippen LogP contribution in [0.3, 0.4) is 0 Å². The van der Waals surface area contributed by atoms with Crippen LogP contribution in [0.15, 0.2) is 22.7 Å². The van der Waals surface area contributed by atoms with E-state index in [1.165, 1.54) is 6.07 Å². The van der Waals surface area contributed by atoms with Gasteiger partial charge in [0.25, 0.3) is 0 Å². The van der Waals surface area contributed by atoms with E-state index in [4.69, 9.17) is 0 Å². The molecule has 0 spiro atoms. The number of halogens is 1. The van der Waals surface area contributed by atoms with Crippen LogP contribution in [0.5, 0.6) is 0 Å². The van der Waals surface area contributed by atoms with Gasteiger partial charge < -0.3 is 0 Å². The average Bonchev–Trinajstić information content (AvgIpc) is 1.94. The van der Waals surface area contributed by atoms with Crippen molar-refractivity contribution in [3.8, 4) is 0 Å². The van der Waals surface area contributed by atoms with E-state index in [-0.39, 0.29) is 10.6 Å². The van der Waals surface area contributed by atoms with Crippen LogP contribution < -0.4 is 3.58 Å². The van der Waals surface area contributed by atoms with Gasteiger partial charge in [0.1, 0.15) is 0 Å². The molecule has 0 fully saturated rings. The summed E-state index contributed by atoms with van der Waals surface area (Å²) in [4.78, 5) is 9.89. The first-order valence-corrected chi connectivity index (χ1v) is 5.25. The molecule has 0 aliphatic heterocycles. The molecule has 0 aliphatic rings. The molecule has 0 saturated heterocycles. The molecule has 11 heavy (non-hydrogen) atoms. The Kier molecular flexibility index (Phi) is 2.89. The molecule has 0 heterocycles. The quantitative estimate of drug-likeness (QED) is 0.438. The summed E-state index contributed by atoms with van der Waals surface area (Å²) in [6, 6.07) is 4.79. The van der Waals surface area contributed by atoms with Crippen LogP contribution in [0, 0.1) is 10.1 Å². The summed E-state index contributed by atoms with van der Waals surface area (Å²) in [5, 5.41) is 10.3. The van der Waals surface area contributed by atoms with Crippen molar-refractivity contribution in [1.29, 1.82) is 0 Å². The molecule has 0 bridgehead atoms. The zero-order chi connectivity index (χ0) is 8.43. The van der Waals surface area contributed by atoms with E-state index in [0.29, 0.717) is 0 Å². The summed E-state index contributed by atoms with van der Waals surface area (Å²) in [5.41, 5.74) is 0.163. The zero-order valence-electron chi connectivity index (χ0n) is 5.45. The number of nitro groups is 1. The van der Waals surface area contributed by atoms with E-state index in [1.807, 2.05) is 0 Å². The second-order valence-corrected chi connectivity index (χ2v) is 4.59. The number of nitrogens with zero attached hydrogens (tertiary/aromatic N) is 1. The Hall–Kier alpha value is -0.101. The molecular formula is C6H4BrNO2Sn. The van der Waals surface area contributed by atoms with Gasteiger partial charge in [-0.15, -0.1) is 0 Å². The van der Waals surface area contributed by atoms with Crippen molar-refractivity contribution < 1.29 is 4.92 Å². The van der Waals surface area contributed by atoms with E-state index in [9.17, 15) is 10.1 Å². The van der Waals surface area contributed by atoms with Gasteiger partial charge in [-0.3, -0.25) is 0 Å². The summed E-state index contributed by atoms with van der Waals surface area (Å²) in [6.07, 6.45) is 0. The van der Waals surface area contributed by atoms with Crippen molar-refractivity contribution >= 4 is 47.7 Å². The topological polar surface area (TPSA) is 43.1 Å². The van der Waals surface area contributed by atoms with Gasteiger partial charge in [-0.05, 0) is 0 Å². The van der Waals surface area contributed by atoms with Gasteiger partial charge in [0, 0.05) is 0 Å². The summed E-state index contributed by atoms with van der Waals surface area (Å²) in [5.74, 6) is 0. The molecule has 2 radical (unpaired) electrons. The second-order valence-electron chi connectivity index (χ2n) is 1.96. The molecule has 0 unspecified atom stereocenters. The molecule has 0 aliphatic carbocycles. The molecule has 0 saturated carbocycles. The van der Waals surface area contributed by atoms with Crippen LogP contribution in [0.4, 0.5) is 5.69 Å². The molecule has 0 N–H and O–H groups in total. The third kappa shape index (κ3) is 2.16. The van der Waals surface area contributed by atoms with Crippen LogP contribution in [0.25, 0.3) is 0 Å². The SMILES string of the molecule is O=[N+]([O-])c1ccc(Br)[c]([SnH])c1. The Morgan fingerprint density at radius 1 is 1.55 bits per heavy atom. The molecule has 5 heteroatoms. The van der Waals surface area contributed by atoms with Gasteiger partial charge in [-0.25, -0.2) is 0 Å². The molecule has 3 nitrogen and oxygen atoms in total. The number of benzene rings is 1. The third-order valence-corrected chi connectivity index (χ3v) is 4.48. The van der Waals surface area contributed by atoms with Crippen molar-refractivity contribution in [1.82, 2.24) is 0 Å². The Morgan fingerprint density at radius 3 is 2.64 bits per heavy atom. The van der Waals surface area contributed by atoms with Crippen LogP contribution >= 0.6 is 15.9 Å². The monoisotopic (exact) mass is 321 g/mol. The zero-order valence-corrected chi connectivity index (χ0v) is 10.3. The molecule has 1 aromatic carbocycles. The van der Waals surface area contributed by atoms with Crippen molar-refractivity contribution in [3.63, 3.8) is 0 Å². The first kappa shape index (κ1) is 8.99. The first-order chi connectivity index (χ1) is 5.11. The molecule has 1 aromatic rings. The summed E-state index contributed by atoms with van der Waals surface area (Å²) in [6.45, 7) is 0. The molecule has 1 rings (SSSR count). The maximum absolute atomic E-state index is 10.3. The van der Waals surface area contributed by atoms with Crippen molar-refractivity contribution in [2.75, 3.05) is 0 Å². The van der Waals surface area contributed by atoms with E-state index in [2.05, 4.69) is 15.9 Å². The minimum atomic E-state index is -0.383. The van der Waals surface area contributed by atoms with Gasteiger partial charge >= 0.3 is 85.4 Å². The van der Waals surface area contributed by atoms with Crippen molar-refractivity contribution in [3.05, 3.63) is 32.8 Å². The van der Waals surface area contributed by atoms with Gasteiger partial charge in [0.2, 0.25) is 0 Å². The van der Waals surface area contributed by atoms with Gasteiger partial charge in [-0.2, -0.15) is 0 Å². The molecule has 0 amide bonds. The van der Waals surface area contributed by atoms with E-state index in [0.717, 1.165) is 30.6 Å². The predicted molar refractivity (Wildman–Crippen MR) is 47.6 cm³/mol. The summed E-state index contributed by atoms with van der Waals surface area (Å²) < 4.78 is 1.95. The fraction of sp³-hybridized carbons (Fsp3) is 0. The van der Waals surface area contributed by atoms with Gasteiger partial charge in [0.05, 0.1) is 0 Å². The van der Waals surface area contributed by atoms with E-state index in [1.54, 1.807) is 12.1 Å². The van der Waals surface area contributed by atoms with Gasteiger partial charge in [0.15, 0.2) is 0 Å². The fourth-order valence-electron chi connectivity index (χ4n) is 0.645. The van der Waals surface area contributed by atoms with E-state index < -0.39 is 0 Å². The average molecular weight is 321 g/mol. The fourth-order valence-corrected chi connectivity index (χ4v) is 1.65. The molecule has 56 valence electrons. The van der Waals surface area contributed by atoms with E-state index >= 15 is 0 Å². The molecule has 0 atom stereocenters. The standard InChI is InChI=1S/C6H3BrNO2.Sn.H/c7-5-1-3-6(4-2-5)8(9)10;;/h1,3-4H;;. The van der Waals surface area contributed by atoms with Crippen molar-refractivity contribution in [2.24, 2.45) is 0 Å². The summed E-state index contributed by atoms with van der Waals surface area (Å²) >= 11 is 4.17. The van der Waals surface area contributed by atoms with Crippen LogP contribution in [0.1, 0.15) is 0 Å². The van der Waals surface area contributed by atoms with Crippen LogP contribution in [-0.4, -0.2) is 27.4 Å². The van der Waals surface area contributed by atoms with Crippen molar-refractivity contribution in [2.45, 2.75) is 0 Å². The Bertz CT molecular complexity index is 303. The Balaban J connectivity index is 3.15. The number of hydrogen-bond acceptors (Lipinski definition) is 2. The van der Waals surface area contributed by atoms with Crippen LogP contribution in [-0.2, 0) is 0 Å². The second kappa shape index (κ2) is 3.53. The number of hydrogen-bond donors (Lipinski definition) is 0. The van der Waals surface area contributed by atoms with Crippen LogP contribution in [0.2, 0.25) is 0 Å². The molecule has 0 aromatic heterocycles.